The first kappa shape index (κ1) is 23.9. The Kier molecular flexibility index (Phi) is 5.52. The predicted octanol–water partition coefficient (Wildman–Crippen LogP) is 8.19. The lowest BCUT2D eigenvalue weighted by molar-refractivity contribution is 0.0970. The number of rotatable bonds is 2. The number of nitrogens with one attached hydrogen (secondary N) is 1. The number of carbonyl (C=O) groups excluding carboxylic acids is 1. The second-order valence-corrected chi connectivity index (χ2v) is 12.3. The molecule has 4 heteroatoms. The average Bonchev–Trinajstić information content (AvgIpc) is 2.78. The maximum Gasteiger partial charge on any atom is 0.259 e. The zero-order valence-corrected chi connectivity index (χ0v) is 23.0. The number of amides is 1. The molecule has 2 heterocycles. The van der Waals surface area contributed by atoms with Crippen LogP contribution in [0.3, 0.4) is 0 Å². The molecule has 180 valence electrons. The number of hydrogen-bond donors (Lipinski definition) is 1. The van der Waals surface area contributed by atoms with Crippen LogP contribution in [0.15, 0.2) is 77.3 Å². The molecule has 0 bridgehead atoms. The highest BCUT2D eigenvalue weighted by Gasteiger charge is 2.43. The largest absolute Gasteiger partial charge is 0.380 e. The average molecular weight is 530 g/mol. The highest BCUT2D eigenvalue weighted by Crippen LogP contribution is 2.49. The second-order valence-electron chi connectivity index (χ2n) is 11.4. The summed E-state index contributed by atoms with van der Waals surface area (Å²) < 4.78 is 0.964. The van der Waals surface area contributed by atoms with Crippen molar-refractivity contribution in [2.45, 2.75) is 64.5 Å². The first-order valence-corrected chi connectivity index (χ1v) is 13.0. The van der Waals surface area contributed by atoms with Gasteiger partial charge in [-0.05, 0) is 100 Å². The second kappa shape index (κ2) is 8.09. The Balaban J connectivity index is 1.64. The summed E-state index contributed by atoms with van der Waals surface area (Å²) in [6.07, 6.45) is 3.20. The van der Waals surface area contributed by atoms with Crippen molar-refractivity contribution in [3.63, 3.8) is 0 Å². The van der Waals surface area contributed by atoms with Crippen LogP contribution in [0.5, 0.6) is 0 Å². The molecule has 35 heavy (non-hydrogen) atoms. The van der Waals surface area contributed by atoms with Gasteiger partial charge in [0.15, 0.2) is 0 Å². The first-order chi connectivity index (χ1) is 16.4. The molecule has 0 saturated heterocycles. The highest BCUT2D eigenvalue weighted by atomic mass is 79.9. The van der Waals surface area contributed by atoms with E-state index >= 15 is 0 Å². The van der Waals surface area contributed by atoms with Crippen LogP contribution in [-0.2, 0) is 5.41 Å². The number of nitrogens with zero attached hydrogens (tertiary/aromatic N) is 1. The van der Waals surface area contributed by atoms with E-state index in [2.05, 4.69) is 111 Å². The van der Waals surface area contributed by atoms with E-state index in [0.29, 0.717) is 5.56 Å². The van der Waals surface area contributed by atoms with E-state index in [1.807, 2.05) is 29.2 Å². The van der Waals surface area contributed by atoms with Crippen molar-refractivity contribution < 1.29 is 4.79 Å². The topological polar surface area (TPSA) is 32.3 Å². The Morgan fingerprint density at radius 3 is 2.34 bits per heavy atom. The number of para-hydroxylation sites is 1. The fraction of sp³-hybridized carbons (Fsp3) is 0.323. The van der Waals surface area contributed by atoms with E-state index in [1.165, 1.54) is 22.4 Å². The van der Waals surface area contributed by atoms with Crippen LogP contribution in [0, 0.1) is 0 Å². The van der Waals surface area contributed by atoms with E-state index < -0.39 is 5.54 Å². The zero-order chi connectivity index (χ0) is 25.2. The SMILES string of the molecule is CC1=CC(C)(C)N(C(=O)c2ccc(Br)cc2)c2ccc([C@@]3(C)CC(C)(C)Nc4ccccc43)cc21. The lowest BCUT2D eigenvalue weighted by Gasteiger charge is -2.47. The molecular formula is C31H33BrN2O. The molecule has 3 aromatic rings. The van der Waals surface area contributed by atoms with Crippen molar-refractivity contribution in [3.05, 3.63) is 99.5 Å². The number of anilines is 2. The summed E-state index contributed by atoms with van der Waals surface area (Å²) in [7, 11) is 0. The van der Waals surface area contributed by atoms with Crippen molar-refractivity contribution in [2.24, 2.45) is 0 Å². The summed E-state index contributed by atoms with van der Waals surface area (Å²) in [4.78, 5) is 15.7. The standard InChI is InChI=1S/C31H33BrN2O/c1-20-18-30(4,5)34(28(35)21-11-14-23(32)15-12-21)27-16-13-22(17-24(20)27)31(6)19-29(2,3)33-26-10-8-7-9-25(26)31/h7-18,33H,19H2,1-6H3/t31-/m1/s1. The van der Waals surface area contributed by atoms with Crippen LogP contribution in [0.1, 0.15) is 75.0 Å². The van der Waals surface area contributed by atoms with Gasteiger partial charge in [0.2, 0.25) is 0 Å². The van der Waals surface area contributed by atoms with Gasteiger partial charge in [-0.25, -0.2) is 0 Å². The Morgan fingerprint density at radius 2 is 1.63 bits per heavy atom. The molecule has 3 aromatic carbocycles. The van der Waals surface area contributed by atoms with Gasteiger partial charge in [0.25, 0.3) is 5.91 Å². The van der Waals surface area contributed by atoms with Crippen molar-refractivity contribution in [3.8, 4) is 0 Å². The lowest BCUT2D eigenvalue weighted by atomic mass is 9.65. The van der Waals surface area contributed by atoms with Crippen LogP contribution in [0.25, 0.3) is 5.57 Å². The summed E-state index contributed by atoms with van der Waals surface area (Å²) in [5, 5.41) is 3.72. The van der Waals surface area contributed by atoms with Gasteiger partial charge >= 0.3 is 0 Å². The van der Waals surface area contributed by atoms with Gasteiger partial charge in [0.1, 0.15) is 0 Å². The van der Waals surface area contributed by atoms with Gasteiger partial charge in [-0.15, -0.1) is 0 Å². The maximum absolute atomic E-state index is 13.8. The molecule has 0 aromatic heterocycles. The third-order valence-corrected chi connectivity index (χ3v) is 8.06. The molecule has 0 spiro atoms. The lowest BCUT2D eigenvalue weighted by Crippen LogP contribution is -2.49. The van der Waals surface area contributed by atoms with Crippen LogP contribution < -0.4 is 10.2 Å². The number of hydrogen-bond acceptors (Lipinski definition) is 2. The van der Waals surface area contributed by atoms with E-state index in [-0.39, 0.29) is 16.9 Å². The minimum absolute atomic E-state index is 0.0137. The van der Waals surface area contributed by atoms with Gasteiger partial charge < -0.3 is 5.32 Å². The van der Waals surface area contributed by atoms with Crippen LogP contribution in [0.2, 0.25) is 0 Å². The predicted molar refractivity (Wildman–Crippen MR) is 150 cm³/mol. The monoisotopic (exact) mass is 528 g/mol. The Labute approximate surface area is 217 Å². The van der Waals surface area contributed by atoms with Gasteiger partial charge in [0.05, 0.1) is 11.2 Å². The minimum Gasteiger partial charge on any atom is -0.380 e. The first-order valence-electron chi connectivity index (χ1n) is 12.2. The van der Waals surface area contributed by atoms with Crippen LogP contribution >= 0.6 is 15.9 Å². The molecule has 1 atom stereocenters. The van der Waals surface area contributed by atoms with Gasteiger partial charge in [-0.3, -0.25) is 9.69 Å². The summed E-state index contributed by atoms with van der Waals surface area (Å²) in [5.74, 6) is 0.0137. The fourth-order valence-electron chi connectivity index (χ4n) is 6.18. The van der Waals surface area contributed by atoms with E-state index in [9.17, 15) is 4.79 Å². The minimum atomic E-state index is -0.435. The van der Waals surface area contributed by atoms with E-state index in [4.69, 9.17) is 0 Å². The zero-order valence-electron chi connectivity index (χ0n) is 21.4. The summed E-state index contributed by atoms with van der Waals surface area (Å²) in [6.45, 7) is 13.3. The molecule has 0 fully saturated rings. The molecule has 1 N–H and O–H groups in total. The number of benzene rings is 3. The molecule has 1 amide bonds. The molecule has 3 nitrogen and oxygen atoms in total. The van der Waals surface area contributed by atoms with Crippen LogP contribution in [-0.4, -0.2) is 17.0 Å². The number of allylic oxidation sites excluding steroid dienone is 1. The van der Waals surface area contributed by atoms with Gasteiger partial charge in [-0.1, -0.05) is 53.2 Å². The Morgan fingerprint density at radius 1 is 0.943 bits per heavy atom. The highest BCUT2D eigenvalue weighted by molar-refractivity contribution is 9.10. The van der Waals surface area contributed by atoms with Crippen molar-refractivity contribution in [1.82, 2.24) is 0 Å². The normalized spacial score (nSPS) is 21.9. The van der Waals surface area contributed by atoms with Gasteiger partial charge in [0, 0.05) is 32.2 Å². The molecule has 0 aliphatic carbocycles. The molecular weight excluding hydrogens is 496 g/mol. The smallest absolute Gasteiger partial charge is 0.259 e. The molecule has 0 unspecified atom stereocenters. The fourth-order valence-corrected chi connectivity index (χ4v) is 6.45. The van der Waals surface area contributed by atoms with E-state index in [1.54, 1.807) is 0 Å². The molecule has 0 radical (unpaired) electrons. The third kappa shape index (κ3) is 4.02. The van der Waals surface area contributed by atoms with E-state index in [0.717, 1.165) is 22.1 Å². The van der Waals surface area contributed by atoms with Gasteiger partial charge in [-0.2, -0.15) is 0 Å². The number of halogens is 1. The van der Waals surface area contributed by atoms with Crippen molar-refractivity contribution >= 4 is 38.8 Å². The summed E-state index contributed by atoms with van der Waals surface area (Å²) >= 11 is 3.48. The number of fused-ring (bicyclic) bond motifs is 2. The Bertz CT molecular complexity index is 1350. The third-order valence-electron chi connectivity index (χ3n) is 7.53. The Hall–Kier alpha value is -2.85. The quantitative estimate of drug-likeness (QED) is 0.363. The maximum atomic E-state index is 13.8. The molecule has 5 rings (SSSR count). The molecule has 2 aliphatic heterocycles. The number of carbonyl (C=O) groups is 1. The summed E-state index contributed by atoms with van der Waals surface area (Å²) in [6, 6.07) is 23.0. The van der Waals surface area contributed by atoms with Crippen LogP contribution in [0.4, 0.5) is 11.4 Å². The van der Waals surface area contributed by atoms with Crippen molar-refractivity contribution in [1.29, 1.82) is 0 Å². The molecule has 0 saturated carbocycles. The van der Waals surface area contributed by atoms with Crippen molar-refractivity contribution in [2.75, 3.05) is 10.2 Å². The molecule has 2 aliphatic rings. The summed E-state index contributed by atoms with van der Waals surface area (Å²) in [5.41, 5.74) is 7.17.